The fraction of sp³-hybridized carbons (Fsp3) is 0.389. The van der Waals surface area contributed by atoms with E-state index in [2.05, 4.69) is 0 Å². The lowest BCUT2D eigenvalue weighted by Gasteiger charge is -2.41. The highest BCUT2D eigenvalue weighted by molar-refractivity contribution is 7.14. The van der Waals surface area contributed by atoms with Gasteiger partial charge in [-0.25, -0.2) is 9.78 Å². The molecule has 2 atom stereocenters. The summed E-state index contributed by atoms with van der Waals surface area (Å²) in [6, 6.07) is 22.9. The van der Waals surface area contributed by atoms with Gasteiger partial charge in [0.05, 0.1) is 23.1 Å². The third kappa shape index (κ3) is 6.87. The van der Waals surface area contributed by atoms with Crippen molar-refractivity contribution in [3.8, 4) is 11.3 Å². The van der Waals surface area contributed by atoms with Crippen LogP contribution in [0.25, 0.3) is 11.3 Å². The van der Waals surface area contributed by atoms with Crippen LogP contribution in [0.5, 0.6) is 0 Å². The second kappa shape index (κ2) is 13.5. The molecule has 2 saturated heterocycles. The van der Waals surface area contributed by atoms with E-state index >= 15 is 0 Å². The summed E-state index contributed by atoms with van der Waals surface area (Å²) in [5, 5.41) is 2.92. The standard InChI is InChI=1S/C36H41N5O4S/c1-36(2,3)45-35(44)38-20-21-39(28(24-38)23-26-13-6-4-7-14-26)34(43)31-32(27-15-8-5-9-16-27)41(25-37-31)29-17-10-11-19-40(33(29)42)30-18-12-22-46-30/h4-9,12-16,18,22,25,28-29H,10-11,17,19-21,23-24H2,1-3H3/t28-,29?/m1/s1. The maximum Gasteiger partial charge on any atom is 0.410 e. The predicted octanol–water partition coefficient (Wildman–Crippen LogP) is 6.67. The van der Waals surface area contributed by atoms with Crippen LogP contribution in [0.2, 0.25) is 0 Å². The summed E-state index contributed by atoms with van der Waals surface area (Å²) in [6.45, 7) is 7.26. The molecule has 0 aliphatic carbocycles. The van der Waals surface area contributed by atoms with Crippen LogP contribution in [-0.4, -0.2) is 75.1 Å². The van der Waals surface area contributed by atoms with Crippen LogP contribution in [0.3, 0.4) is 0 Å². The molecule has 46 heavy (non-hydrogen) atoms. The molecule has 240 valence electrons. The van der Waals surface area contributed by atoms with Gasteiger partial charge < -0.3 is 24.0 Å². The molecular weight excluding hydrogens is 598 g/mol. The molecule has 10 heteroatoms. The summed E-state index contributed by atoms with van der Waals surface area (Å²) in [5.74, 6) is -0.194. The normalized spacial score (nSPS) is 19.2. The Bertz CT molecular complexity index is 1650. The van der Waals surface area contributed by atoms with Gasteiger partial charge in [-0.3, -0.25) is 9.59 Å². The lowest BCUT2D eigenvalue weighted by Crippen LogP contribution is -2.58. The van der Waals surface area contributed by atoms with Gasteiger partial charge in [0.2, 0.25) is 0 Å². The van der Waals surface area contributed by atoms with E-state index in [-0.39, 0.29) is 23.9 Å². The molecule has 2 aliphatic heterocycles. The largest absolute Gasteiger partial charge is 0.444 e. The molecule has 0 N–H and O–H groups in total. The number of hydrogen-bond acceptors (Lipinski definition) is 6. The predicted molar refractivity (Wildman–Crippen MR) is 180 cm³/mol. The second-order valence-electron chi connectivity index (χ2n) is 12.9. The molecule has 4 aromatic rings. The fourth-order valence-corrected chi connectivity index (χ4v) is 7.13. The van der Waals surface area contributed by atoms with Gasteiger partial charge in [-0.1, -0.05) is 60.7 Å². The van der Waals surface area contributed by atoms with E-state index in [1.807, 2.05) is 113 Å². The molecule has 2 aromatic heterocycles. The Morgan fingerprint density at radius 3 is 2.37 bits per heavy atom. The molecule has 2 aromatic carbocycles. The summed E-state index contributed by atoms with van der Waals surface area (Å²) in [4.78, 5) is 52.0. The van der Waals surface area contributed by atoms with Gasteiger partial charge in [0.25, 0.3) is 11.8 Å². The molecule has 4 heterocycles. The smallest absolute Gasteiger partial charge is 0.410 e. The van der Waals surface area contributed by atoms with Gasteiger partial charge in [-0.15, -0.1) is 11.3 Å². The first-order chi connectivity index (χ1) is 22.2. The summed E-state index contributed by atoms with van der Waals surface area (Å²) in [5.41, 5.74) is 2.24. The lowest BCUT2D eigenvalue weighted by atomic mass is 10.0. The number of piperazine rings is 1. The van der Waals surface area contributed by atoms with Crippen molar-refractivity contribution in [2.45, 2.75) is 64.1 Å². The number of imidazole rings is 1. The number of carbonyl (C=O) groups excluding carboxylic acids is 3. The summed E-state index contributed by atoms with van der Waals surface area (Å²) in [6.07, 6.45) is 4.32. The van der Waals surface area contributed by atoms with Crippen molar-refractivity contribution in [2.75, 3.05) is 31.1 Å². The van der Waals surface area contributed by atoms with Crippen molar-refractivity contribution in [3.63, 3.8) is 0 Å². The SMILES string of the molecule is CC(C)(C)OC(=O)N1CCN(C(=O)c2ncn(C3CCCCN(c4cccs4)C3=O)c2-c2ccccc2)[C@H](Cc2ccccc2)C1. The molecule has 0 bridgehead atoms. The molecule has 2 aliphatic rings. The zero-order valence-electron chi connectivity index (χ0n) is 26.7. The number of benzene rings is 2. The topological polar surface area (TPSA) is 88.0 Å². The summed E-state index contributed by atoms with van der Waals surface area (Å²) in [7, 11) is 0. The molecular formula is C36H41N5O4S. The average Bonchev–Trinajstić information content (AvgIpc) is 3.70. The van der Waals surface area contributed by atoms with E-state index in [1.165, 1.54) is 0 Å². The molecule has 6 rings (SSSR count). The number of amides is 3. The van der Waals surface area contributed by atoms with Gasteiger partial charge in [-0.2, -0.15) is 0 Å². The monoisotopic (exact) mass is 639 g/mol. The minimum atomic E-state index is -0.620. The van der Waals surface area contributed by atoms with E-state index < -0.39 is 11.6 Å². The van der Waals surface area contributed by atoms with Gasteiger partial charge in [-0.05, 0) is 69.5 Å². The summed E-state index contributed by atoms with van der Waals surface area (Å²) < 4.78 is 7.61. The van der Waals surface area contributed by atoms with Gasteiger partial charge in [0.1, 0.15) is 11.6 Å². The van der Waals surface area contributed by atoms with Crippen LogP contribution in [0.15, 0.2) is 84.5 Å². The molecule has 3 amide bonds. The molecule has 9 nitrogen and oxygen atoms in total. The number of anilines is 1. The van der Waals surface area contributed by atoms with Crippen molar-refractivity contribution in [1.82, 2.24) is 19.4 Å². The van der Waals surface area contributed by atoms with Gasteiger partial charge in [0, 0.05) is 31.7 Å². The Morgan fingerprint density at radius 1 is 0.935 bits per heavy atom. The zero-order valence-corrected chi connectivity index (χ0v) is 27.5. The number of aromatic nitrogens is 2. The Hall–Kier alpha value is -4.44. The maximum atomic E-state index is 14.6. The number of thiophene rings is 1. The van der Waals surface area contributed by atoms with Crippen LogP contribution >= 0.6 is 11.3 Å². The van der Waals surface area contributed by atoms with Crippen molar-refractivity contribution in [3.05, 3.63) is 95.8 Å². The Morgan fingerprint density at radius 2 is 1.67 bits per heavy atom. The quantitative estimate of drug-likeness (QED) is 0.235. The molecule has 2 fully saturated rings. The number of hydrogen-bond donors (Lipinski definition) is 0. The highest BCUT2D eigenvalue weighted by atomic mass is 32.1. The van der Waals surface area contributed by atoms with E-state index in [0.29, 0.717) is 50.4 Å². The first kappa shape index (κ1) is 31.5. The van der Waals surface area contributed by atoms with E-state index in [1.54, 1.807) is 22.6 Å². The van der Waals surface area contributed by atoms with Crippen LogP contribution in [0.1, 0.15) is 62.1 Å². The molecule has 0 radical (unpaired) electrons. The Balaban J connectivity index is 1.36. The first-order valence-corrected chi connectivity index (χ1v) is 16.9. The third-order valence-electron chi connectivity index (χ3n) is 8.52. The average molecular weight is 640 g/mol. The number of nitrogens with zero attached hydrogens (tertiary/aromatic N) is 5. The Kier molecular flexibility index (Phi) is 9.26. The van der Waals surface area contributed by atoms with Crippen molar-refractivity contribution in [2.24, 2.45) is 0 Å². The second-order valence-corrected chi connectivity index (χ2v) is 13.9. The van der Waals surface area contributed by atoms with Crippen molar-refractivity contribution >= 4 is 34.2 Å². The van der Waals surface area contributed by atoms with E-state index in [0.717, 1.165) is 29.0 Å². The molecule has 0 spiro atoms. The number of rotatable bonds is 6. The highest BCUT2D eigenvalue weighted by Gasteiger charge is 2.38. The third-order valence-corrected chi connectivity index (χ3v) is 9.41. The maximum absolute atomic E-state index is 14.6. The lowest BCUT2D eigenvalue weighted by molar-refractivity contribution is -0.121. The minimum Gasteiger partial charge on any atom is -0.444 e. The fourth-order valence-electron chi connectivity index (χ4n) is 6.37. The van der Waals surface area contributed by atoms with Crippen LogP contribution in [0, 0.1) is 0 Å². The molecule has 0 saturated carbocycles. The van der Waals surface area contributed by atoms with Crippen LogP contribution < -0.4 is 4.90 Å². The zero-order chi connectivity index (χ0) is 32.3. The summed E-state index contributed by atoms with van der Waals surface area (Å²) >= 11 is 1.56. The van der Waals surface area contributed by atoms with Crippen LogP contribution in [0.4, 0.5) is 9.80 Å². The van der Waals surface area contributed by atoms with Crippen molar-refractivity contribution in [1.29, 1.82) is 0 Å². The van der Waals surface area contributed by atoms with Crippen LogP contribution in [-0.2, 0) is 16.0 Å². The van der Waals surface area contributed by atoms with Gasteiger partial charge >= 0.3 is 6.09 Å². The van der Waals surface area contributed by atoms with Crippen molar-refractivity contribution < 1.29 is 19.1 Å². The molecule has 1 unspecified atom stereocenters. The number of carbonyl (C=O) groups is 3. The number of ether oxygens (including phenoxy) is 1. The highest BCUT2D eigenvalue weighted by Crippen LogP contribution is 2.35. The van der Waals surface area contributed by atoms with E-state index in [4.69, 9.17) is 9.72 Å². The van der Waals surface area contributed by atoms with E-state index in [9.17, 15) is 14.4 Å². The van der Waals surface area contributed by atoms with Gasteiger partial charge in [0.15, 0.2) is 5.69 Å². The Labute approximate surface area is 274 Å². The minimum absolute atomic E-state index is 0.0152. The first-order valence-electron chi connectivity index (χ1n) is 16.0.